The molecule has 0 aliphatic heterocycles. The first kappa shape index (κ1) is 21.6. The van der Waals surface area contributed by atoms with E-state index in [1.165, 1.54) is 42.8 Å². The van der Waals surface area contributed by atoms with E-state index in [0.717, 1.165) is 23.6 Å². The van der Waals surface area contributed by atoms with E-state index in [4.69, 9.17) is 4.74 Å². The van der Waals surface area contributed by atoms with Crippen molar-refractivity contribution in [3.05, 3.63) is 54.3 Å². The smallest absolute Gasteiger partial charge is 0.264 e. The van der Waals surface area contributed by atoms with E-state index >= 15 is 0 Å². The number of amides is 1. The van der Waals surface area contributed by atoms with Gasteiger partial charge in [0.25, 0.3) is 10.0 Å². The average Bonchev–Trinajstić information content (AvgIpc) is 3.37. The molecule has 2 aliphatic carbocycles. The average molecular weight is 447 g/mol. The van der Waals surface area contributed by atoms with Crippen molar-refractivity contribution in [2.75, 3.05) is 17.5 Å². The van der Waals surface area contributed by atoms with Crippen molar-refractivity contribution in [3.8, 4) is 5.75 Å². The van der Waals surface area contributed by atoms with Gasteiger partial charge in [-0.25, -0.2) is 12.8 Å². The highest BCUT2D eigenvalue weighted by atomic mass is 32.2. The van der Waals surface area contributed by atoms with Crippen LogP contribution in [0, 0.1) is 17.7 Å². The lowest BCUT2D eigenvalue weighted by Crippen LogP contribution is -2.46. The summed E-state index contributed by atoms with van der Waals surface area (Å²) in [6.07, 6.45) is 4.42. The molecule has 3 atom stereocenters. The summed E-state index contributed by atoms with van der Waals surface area (Å²) in [5.74, 6) is 0.876. The molecule has 2 fully saturated rings. The topological polar surface area (TPSA) is 75.7 Å². The molecule has 2 saturated carbocycles. The summed E-state index contributed by atoms with van der Waals surface area (Å²) in [5.41, 5.74) is 0.235. The number of nitrogens with one attached hydrogen (secondary N) is 1. The largest absolute Gasteiger partial charge is 0.494 e. The lowest BCUT2D eigenvalue weighted by atomic mass is 9.95. The zero-order chi connectivity index (χ0) is 22.0. The summed E-state index contributed by atoms with van der Waals surface area (Å²) in [6.45, 7) is 1.95. The van der Waals surface area contributed by atoms with Crippen LogP contribution in [0.3, 0.4) is 0 Å². The Morgan fingerprint density at radius 3 is 2.39 bits per heavy atom. The van der Waals surface area contributed by atoms with E-state index < -0.39 is 15.8 Å². The maximum Gasteiger partial charge on any atom is 0.264 e. The fourth-order valence-corrected chi connectivity index (χ4v) is 6.15. The van der Waals surface area contributed by atoms with Gasteiger partial charge in [-0.1, -0.05) is 6.42 Å². The maximum absolute atomic E-state index is 13.4. The fourth-order valence-electron chi connectivity index (χ4n) is 4.73. The highest BCUT2D eigenvalue weighted by molar-refractivity contribution is 7.92. The number of nitrogens with zero attached hydrogens (tertiary/aromatic N) is 1. The first-order valence-electron chi connectivity index (χ1n) is 10.7. The maximum atomic E-state index is 13.4. The van der Waals surface area contributed by atoms with Crippen molar-refractivity contribution in [1.82, 2.24) is 5.32 Å². The number of halogens is 1. The van der Waals surface area contributed by atoms with E-state index in [2.05, 4.69) is 5.32 Å². The summed E-state index contributed by atoms with van der Waals surface area (Å²) in [7, 11) is -4.04. The molecule has 2 aliphatic rings. The van der Waals surface area contributed by atoms with Crippen molar-refractivity contribution in [1.29, 1.82) is 0 Å². The Balaban J connectivity index is 1.57. The molecule has 166 valence electrons. The Bertz CT molecular complexity index is 1020. The Hall–Kier alpha value is -2.61. The fraction of sp³-hybridized carbons (Fsp3) is 0.435. The van der Waals surface area contributed by atoms with Gasteiger partial charge in [-0.05, 0) is 86.6 Å². The van der Waals surface area contributed by atoms with Crippen LogP contribution in [0.2, 0.25) is 0 Å². The number of anilines is 1. The first-order chi connectivity index (χ1) is 14.9. The van der Waals surface area contributed by atoms with Gasteiger partial charge < -0.3 is 10.1 Å². The second-order valence-electron chi connectivity index (χ2n) is 8.24. The van der Waals surface area contributed by atoms with E-state index in [-0.39, 0.29) is 29.1 Å². The third-order valence-electron chi connectivity index (χ3n) is 6.21. The molecule has 8 heteroatoms. The van der Waals surface area contributed by atoms with Gasteiger partial charge in [0, 0.05) is 6.04 Å². The van der Waals surface area contributed by atoms with Gasteiger partial charge in [0.15, 0.2) is 0 Å². The van der Waals surface area contributed by atoms with E-state index in [1.807, 2.05) is 6.92 Å². The van der Waals surface area contributed by atoms with Crippen molar-refractivity contribution in [3.63, 3.8) is 0 Å². The number of carbonyl (C=O) groups is 1. The minimum atomic E-state index is -4.04. The molecule has 1 N–H and O–H groups in total. The zero-order valence-corrected chi connectivity index (χ0v) is 18.3. The Labute approximate surface area is 182 Å². The van der Waals surface area contributed by atoms with Gasteiger partial charge >= 0.3 is 0 Å². The Kier molecular flexibility index (Phi) is 6.18. The minimum Gasteiger partial charge on any atom is -0.494 e. The molecule has 0 spiro atoms. The van der Waals surface area contributed by atoms with E-state index in [0.29, 0.717) is 24.2 Å². The summed E-state index contributed by atoms with van der Waals surface area (Å²) in [6, 6.07) is 11.3. The second kappa shape index (κ2) is 8.86. The minimum absolute atomic E-state index is 0.0352. The monoisotopic (exact) mass is 446 g/mol. The summed E-state index contributed by atoms with van der Waals surface area (Å²) >= 11 is 0. The lowest BCUT2D eigenvalue weighted by molar-refractivity contribution is -0.120. The van der Waals surface area contributed by atoms with Crippen molar-refractivity contribution < 1.29 is 22.3 Å². The van der Waals surface area contributed by atoms with Crippen LogP contribution in [0.1, 0.15) is 32.6 Å². The number of fused-ring (bicyclic) bond motifs is 2. The molecule has 0 aromatic heterocycles. The molecule has 0 heterocycles. The molecular formula is C23H27FN2O4S. The van der Waals surface area contributed by atoms with Crippen LogP contribution in [0.25, 0.3) is 0 Å². The Morgan fingerprint density at radius 2 is 1.81 bits per heavy atom. The van der Waals surface area contributed by atoms with Gasteiger partial charge in [-0.15, -0.1) is 0 Å². The predicted octanol–water partition coefficient (Wildman–Crippen LogP) is 3.72. The number of sulfonamides is 1. The lowest BCUT2D eigenvalue weighted by Gasteiger charge is -2.27. The molecule has 2 aromatic carbocycles. The van der Waals surface area contributed by atoms with Gasteiger partial charge in [0.2, 0.25) is 5.91 Å². The molecule has 6 nitrogen and oxygen atoms in total. The number of hydrogen-bond acceptors (Lipinski definition) is 4. The summed E-state index contributed by atoms with van der Waals surface area (Å²) in [5, 5.41) is 3.03. The quantitative estimate of drug-likeness (QED) is 0.671. The van der Waals surface area contributed by atoms with Gasteiger partial charge in [0.1, 0.15) is 18.1 Å². The third kappa shape index (κ3) is 4.69. The van der Waals surface area contributed by atoms with E-state index in [1.54, 1.807) is 12.1 Å². The van der Waals surface area contributed by atoms with Crippen LogP contribution in [0.5, 0.6) is 5.75 Å². The Morgan fingerprint density at radius 1 is 1.10 bits per heavy atom. The van der Waals surface area contributed by atoms with Gasteiger partial charge in [-0.2, -0.15) is 0 Å². The number of hydrogen-bond donors (Lipinski definition) is 1. The summed E-state index contributed by atoms with van der Waals surface area (Å²) in [4.78, 5) is 12.9. The number of rotatable bonds is 8. The third-order valence-corrected chi connectivity index (χ3v) is 8.00. The van der Waals surface area contributed by atoms with Crippen LogP contribution < -0.4 is 14.4 Å². The first-order valence-corrected chi connectivity index (χ1v) is 12.1. The molecule has 2 bridgehead atoms. The van der Waals surface area contributed by atoms with Crippen LogP contribution in [-0.4, -0.2) is 33.5 Å². The van der Waals surface area contributed by atoms with Crippen molar-refractivity contribution in [2.45, 2.75) is 43.5 Å². The molecular weight excluding hydrogens is 419 g/mol. The molecule has 31 heavy (non-hydrogen) atoms. The normalized spacial score (nSPS) is 22.3. The highest BCUT2D eigenvalue weighted by Gasteiger charge is 2.40. The van der Waals surface area contributed by atoms with Crippen molar-refractivity contribution in [2.24, 2.45) is 11.8 Å². The standard InChI is InChI=1S/C23H27FN2O4S/c1-2-30-20-9-11-21(12-10-20)31(28,29)26(19-7-5-18(24)6-8-19)15-23(27)25-22-14-16-3-4-17(22)13-16/h5-12,16-17,22H,2-4,13-15H2,1H3,(H,25,27)/t16-,17-,22+/m0/s1. The zero-order valence-electron chi connectivity index (χ0n) is 17.5. The van der Waals surface area contributed by atoms with Crippen molar-refractivity contribution >= 4 is 21.6 Å². The number of carbonyl (C=O) groups excluding carboxylic acids is 1. The van der Waals surface area contributed by atoms with Crippen LogP contribution in [-0.2, 0) is 14.8 Å². The van der Waals surface area contributed by atoms with Crippen LogP contribution in [0.15, 0.2) is 53.4 Å². The van der Waals surface area contributed by atoms with E-state index in [9.17, 15) is 17.6 Å². The predicted molar refractivity (Wildman–Crippen MR) is 116 cm³/mol. The van der Waals surface area contributed by atoms with Gasteiger partial charge in [-0.3, -0.25) is 9.10 Å². The second-order valence-corrected chi connectivity index (χ2v) is 10.1. The molecule has 1 amide bonds. The number of benzene rings is 2. The molecule has 0 unspecified atom stereocenters. The SMILES string of the molecule is CCOc1ccc(S(=O)(=O)N(CC(=O)N[C@@H]2C[C@H]3CC[C@H]2C3)c2ccc(F)cc2)cc1. The van der Waals surface area contributed by atoms with Crippen LogP contribution >= 0.6 is 0 Å². The van der Waals surface area contributed by atoms with Crippen LogP contribution in [0.4, 0.5) is 10.1 Å². The molecule has 4 rings (SSSR count). The summed E-state index contributed by atoms with van der Waals surface area (Å²) < 4.78 is 46.7. The highest BCUT2D eigenvalue weighted by Crippen LogP contribution is 2.44. The van der Waals surface area contributed by atoms with Gasteiger partial charge in [0.05, 0.1) is 17.2 Å². The molecule has 0 radical (unpaired) electrons. The molecule has 0 saturated heterocycles. The number of ether oxygens (including phenoxy) is 1. The molecule has 2 aromatic rings.